The van der Waals surface area contributed by atoms with E-state index < -0.39 is 17.5 Å². The standard InChI is InChI=1S/C18H10Cl2INO4/c19-10-7-13(20)16-12(5-6-15(23)24)18(17(25)26,22-14(16)8-10)9-1-3-11(21)4-2-9/h1-8H,(H,23,24)(H,25,26). The van der Waals surface area contributed by atoms with E-state index in [4.69, 9.17) is 28.3 Å². The van der Waals surface area contributed by atoms with Gasteiger partial charge in [0.05, 0.1) is 10.4 Å². The van der Waals surface area contributed by atoms with Crippen molar-refractivity contribution >= 4 is 63.3 Å². The van der Waals surface area contributed by atoms with Crippen LogP contribution < -0.4 is 10.6 Å². The van der Waals surface area contributed by atoms with Gasteiger partial charge in [0.2, 0.25) is 5.54 Å². The summed E-state index contributed by atoms with van der Waals surface area (Å²) in [7, 11) is 0. The van der Waals surface area contributed by atoms with Gasteiger partial charge in [0.15, 0.2) is 0 Å². The van der Waals surface area contributed by atoms with Crippen LogP contribution in [0.4, 0.5) is 0 Å². The third-order valence-electron chi connectivity index (χ3n) is 3.95. The van der Waals surface area contributed by atoms with Crippen molar-refractivity contribution in [3.05, 3.63) is 78.3 Å². The molecule has 0 saturated heterocycles. The van der Waals surface area contributed by atoms with Gasteiger partial charge in [-0.1, -0.05) is 35.3 Å². The maximum Gasteiger partial charge on any atom is 0.341 e. The molecule has 1 aliphatic heterocycles. The predicted molar refractivity (Wildman–Crippen MR) is 106 cm³/mol. The van der Waals surface area contributed by atoms with Crippen LogP contribution in [0, 0.1) is 3.57 Å². The molecule has 1 heterocycles. The quantitative estimate of drug-likeness (QED) is 0.498. The second-order valence-corrected chi connectivity index (χ2v) is 7.59. The predicted octanol–water partition coefficient (Wildman–Crippen LogP) is 3.00. The summed E-state index contributed by atoms with van der Waals surface area (Å²) in [5.74, 6) is -2.45. The smallest absolute Gasteiger partial charge is 0.341 e. The van der Waals surface area contributed by atoms with Gasteiger partial charge in [-0.3, -0.25) is 4.99 Å². The fourth-order valence-electron chi connectivity index (χ4n) is 2.89. The molecular formula is C18H10Cl2INO4. The molecule has 0 aliphatic carbocycles. The van der Waals surface area contributed by atoms with Gasteiger partial charge >= 0.3 is 11.9 Å². The van der Waals surface area contributed by atoms with Gasteiger partial charge in [-0.15, -0.1) is 0 Å². The Labute approximate surface area is 171 Å². The first kappa shape index (κ1) is 18.9. The van der Waals surface area contributed by atoms with E-state index in [1.807, 2.05) is 0 Å². The van der Waals surface area contributed by atoms with E-state index in [0.29, 0.717) is 21.2 Å². The summed E-state index contributed by atoms with van der Waals surface area (Å²) >= 11 is 14.4. The van der Waals surface area contributed by atoms with Crippen LogP contribution in [-0.2, 0) is 15.1 Å². The van der Waals surface area contributed by atoms with Gasteiger partial charge in [-0.25, -0.2) is 9.59 Å². The Bertz CT molecular complexity index is 1080. The molecule has 2 aromatic rings. The summed E-state index contributed by atoms with van der Waals surface area (Å²) in [4.78, 5) is 27.8. The molecule has 2 N–H and O–H groups in total. The number of halogens is 3. The highest BCUT2D eigenvalue weighted by atomic mass is 127. The SMILES string of the molecule is O=C(O)C=CC1=c2c(Cl)cc(Cl)cc2=NC1(C(=O)O)c1ccc(I)cc1. The largest absolute Gasteiger partial charge is 0.479 e. The Hall–Kier alpha value is -1.90. The second kappa shape index (κ2) is 7.02. The van der Waals surface area contributed by atoms with Crippen LogP contribution in [0.3, 0.4) is 0 Å². The zero-order valence-corrected chi connectivity index (χ0v) is 16.6. The summed E-state index contributed by atoms with van der Waals surface area (Å²) in [5, 5.41) is 20.3. The minimum Gasteiger partial charge on any atom is -0.479 e. The van der Waals surface area contributed by atoms with Gasteiger partial charge < -0.3 is 10.2 Å². The average Bonchev–Trinajstić information content (AvgIpc) is 2.89. The molecule has 1 unspecified atom stereocenters. The molecule has 1 aliphatic rings. The van der Waals surface area contributed by atoms with E-state index >= 15 is 0 Å². The van der Waals surface area contributed by atoms with Crippen molar-refractivity contribution in [3.63, 3.8) is 0 Å². The maximum absolute atomic E-state index is 12.4. The van der Waals surface area contributed by atoms with Crippen LogP contribution in [-0.4, -0.2) is 22.2 Å². The highest BCUT2D eigenvalue weighted by Crippen LogP contribution is 2.38. The molecule has 1 atom stereocenters. The first-order valence-electron chi connectivity index (χ1n) is 7.26. The molecule has 132 valence electrons. The summed E-state index contributed by atoms with van der Waals surface area (Å²) < 4.78 is 0.922. The zero-order valence-electron chi connectivity index (χ0n) is 12.9. The Morgan fingerprint density at radius 2 is 1.77 bits per heavy atom. The van der Waals surface area contributed by atoms with Crippen LogP contribution >= 0.6 is 45.8 Å². The van der Waals surface area contributed by atoms with Crippen molar-refractivity contribution in [2.24, 2.45) is 4.99 Å². The van der Waals surface area contributed by atoms with Crippen LogP contribution in [0.15, 0.2) is 53.5 Å². The van der Waals surface area contributed by atoms with Gasteiger partial charge in [0, 0.05) is 25.5 Å². The van der Waals surface area contributed by atoms with Crippen molar-refractivity contribution in [2.45, 2.75) is 5.54 Å². The van der Waals surface area contributed by atoms with Gasteiger partial charge in [-0.2, -0.15) is 0 Å². The molecule has 0 amide bonds. The highest BCUT2D eigenvalue weighted by molar-refractivity contribution is 14.1. The molecule has 3 rings (SSSR count). The minimum absolute atomic E-state index is 0.172. The molecule has 0 bridgehead atoms. The third-order valence-corrected chi connectivity index (χ3v) is 5.18. The zero-order chi connectivity index (χ0) is 19.1. The Kier molecular flexibility index (Phi) is 5.09. The molecule has 0 fully saturated rings. The first-order valence-corrected chi connectivity index (χ1v) is 9.09. The number of nitrogens with zero attached hydrogens (tertiary/aromatic N) is 1. The summed E-state index contributed by atoms with van der Waals surface area (Å²) in [6.45, 7) is 0. The van der Waals surface area contributed by atoms with Crippen molar-refractivity contribution in [3.8, 4) is 0 Å². The number of hydrogen-bond donors (Lipinski definition) is 2. The van der Waals surface area contributed by atoms with E-state index in [0.717, 1.165) is 9.65 Å². The van der Waals surface area contributed by atoms with E-state index in [1.54, 1.807) is 24.3 Å². The molecule has 0 spiro atoms. The lowest BCUT2D eigenvalue weighted by Gasteiger charge is -2.24. The fraction of sp³-hybridized carbons (Fsp3) is 0.0556. The third kappa shape index (κ3) is 3.13. The minimum atomic E-state index is -1.81. The number of carboxylic acid groups (broad SMARTS) is 2. The van der Waals surface area contributed by atoms with Gasteiger partial charge in [0.1, 0.15) is 0 Å². The summed E-state index contributed by atoms with van der Waals surface area (Å²) in [6, 6.07) is 9.79. The number of fused-ring (bicyclic) bond motifs is 1. The van der Waals surface area contributed by atoms with E-state index in [9.17, 15) is 14.7 Å². The average molecular weight is 502 g/mol. The van der Waals surface area contributed by atoms with Gasteiger partial charge in [-0.05, 0) is 58.5 Å². The maximum atomic E-state index is 12.4. The Morgan fingerprint density at radius 3 is 2.35 bits per heavy atom. The summed E-state index contributed by atoms with van der Waals surface area (Å²) in [5.41, 5.74) is -1.25. The molecule has 5 nitrogen and oxygen atoms in total. The monoisotopic (exact) mass is 501 g/mol. The highest BCUT2D eigenvalue weighted by Gasteiger charge is 2.46. The van der Waals surface area contributed by atoms with Crippen LogP contribution in [0.5, 0.6) is 0 Å². The molecule has 8 heteroatoms. The number of carbonyl (C=O) groups is 2. The van der Waals surface area contributed by atoms with Crippen molar-refractivity contribution in [1.82, 2.24) is 0 Å². The summed E-state index contributed by atoms with van der Waals surface area (Å²) in [6.07, 6.45) is 2.10. The number of carboxylic acids is 2. The number of benzene rings is 2. The lowest BCUT2D eigenvalue weighted by atomic mass is 9.83. The molecule has 0 aromatic heterocycles. The van der Waals surface area contributed by atoms with E-state index in [1.165, 1.54) is 18.2 Å². The fourth-order valence-corrected chi connectivity index (χ4v) is 3.84. The number of hydrogen-bond acceptors (Lipinski definition) is 3. The lowest BCUT2D eigenvalue weighted by molar-refractivity contribution is -0.141. The van der Waals surface area contributed by atoms with Crippen LogP contribution in [0.25, 0.3) is 5.57 Å². The Morgan fingerprint density at radius 1 is 1.12 bits per heavy atom. The number of aliphatic carboxylic acids is 2. The van der Waals surface area contributed by atoms with Crippen molar-refractivity contribution in [2.75, 3.05) is 0 Å². The van der Waals surface area contributed by atoms with Crippen LogP contribution in [0.1, 0.15) is 5.56 Å². The topological polar surface area (TPSA) is 87.0 Å². The van der Waals surface area contributed by atoms with E-state index in [-0.39, 0.29) is 10.6 Å². The molecular weight excluding hydrogens is 492 g/mol. The van der Waals surface area contributed by atoms with Gasteiger partial charge in [0.25, 0.3) is 0 Å². The van der Waals surface area contributed by atoms with E-state index in [2.05, 4.69) is 27.6 Å². The van der Waals surface area contributed by atoms with Crippen LogP contribution in [0.2, 0.25) is 10.0 Å². The second-order valence-electron chi connectivity index (χ2n) is 5.50. The molecule has 26 heavy (non-hydrogen) atoms. The first-order chi connectivity index (χ1) is 12.3. The molecule has 2 aromatic carbocycles. The molecule has 0 radical (unpaired) electrons. The normalized spacial score (nSPS) is 18.7. The lowest BCUT2D eigenvalue weighted by Crippen LogP contribution is -2.34. The Balaban J connectivity index is 2.46. The van der Waals surface area contributed by atoms with Crippen molar-refractivity contribution < 1.29 is 19.8 Å². The molecule has 0 saturated carbocycles. The van der Waals surface area contributed by atoms with Crippen molar-refractivity contribution in [1.29, 1.82) is 0 Å². The number of rotatable bonds is 4.